The second-order valence-corrected chi connectivity index (χ2v) is 5.29. The van der Waals surface area contributed by atoms with E-state index in [0.717, 1.165) is 11.6 Å². The van der Waals surface area contributed by atoms with Crippen LogP contribution < -0.4 is 5.32 Å². The Hall–Kier alpha value is -1.90. The topological polar surface area (TPSA) is 12.0 Å². The average Bonchev–Trinajstić information content (AvgIpc) is 2.44. The molecule has 106 valence electrons. The van der Waals surface area contributed by atoms with E-state index >= 15 is 0 Å². The first-order valence-electron chi connectivity index (χ1n) is 6.79. The van der Waals surface area contributed by atoms with E-state index in [1.807, 2.05) is 19.1 Å². The number of rotatable bonds is 4. The van der Waals surface area contributed by atoms with Gasteiger partial charge in [0.1, 0.15) is 0 Å². The second-order valence-electron chi connectivity index (χ2n) is 5.29. The SMILES string of the molecule is CC(C)c1ccc(C(C)Nc2cccc(F)c2F)cc1. The maximum absolute atomic E-state index is 13.6. The zero-order valence-corrected chi connectivity index (χ0v) is 12.0. The zero-order valence-electron chi connectivity index (χ0n) is 12.0. The van der Waals surface area contributed by atoms with Crippen molar-refractivity contribution in [1.29, 1.82) is 0 Å². The molecule has 2 aromatic rings. The summed E-state index contributed by atoms with van der Waals surface area (Å²) >= 11 is 0. The van der Waals surface area contributed by atoms with Crippen LogP contribution in [0.5, 0.6) is 0 Å². The summed E-state index contributed by atoms with van der Waals surface area (Å²) in [5, 5.41) is 3.00. The van der Waals surface area contributed by atoms with Crippen molar-refractivity contribution in [2.45, 2.75) is 32.7 Å². The maximum Gasteiger partial charge on any atom is 0.181 e. The quantitative estimate of drug-likeness (QED) is 0.802. The summed E-state index contributed by atoms with van der Waals surface area (Å²) in [5.74, 6) is -1.19. The molecule has 3 heteroatoms. The zero-order chi connectivity index (χ0) is 14.7. The lowest BCUT2D eigenvalue weighted by molar-refractivity contribution is 0.510. The van der Waals surface area contributed by atoms with Gasteiger partial charge in [0, 0.05) is 6.04 Å². The van der Waals surface area contributed by atoms with Gasteiger partial charge < -0.3 is 5.32 Å². The first-order valence-corrected chi connectivity index (χ1v) is 6.79. The molecule has 1 N–H and O–H groups in total. The largest absolute Gasteiger partial charge is 0.376 e. The average molecular weight is 275 g/mol. The monoisotopic (exact) mass is 275 g/mol. The Morgan fingerprint density at radius 1 is 0.850 bits per heavy atom. The molecule has 0 fully saturated rings. The first-order chi connectivity index (χ1) is 9.49. The molecular weight excluding hydrogens is 256 g/mol. The van der Waals surface area contributed by atoms with Crippen molar-refractivity contribution in [3.63, 3.8) is 0 Å². The molecule has 20 heavy (non-hydrogen) atoms. The van der Waals surface area contributed by atoms with E-state index in [9.17, 15) is 8.78 Å². The summed E-state index contributed by atoms with van der Waals surface area (Å²) in [6.45, 7) is 6.20. The summed E-state index contributed by atoms with van der Waals surface area (Å²) in [6.07, 6.45) is 0. The molecule has 0 aliphatic carbocycles. The van der Waals surface area contributed by atoms with Gasteiger partial charge in [0.25, 0.3) is 0 Å². The summed E-state index contributed by atoms with van der Waals surface area (Å²) < 4.78 is 26.8. The molecule has 2 aromatic carbocycles. The number of nitrogens with one attached hydrogen (secondary N) is 1. The van der Waals surface area contributed by atoms with Crippen LogP contribution in [-0.4, -0.2) is 0 Å². The predicted molar refractivity (Wildman–Crippen MR) is 78.9 cm³/mol. The van der Waals surface area contributed by atoms with Crippen molar-refractivity contribution in [3.8, 4) is 0 Å². The lowest BCUT2D eigenvalue weighted by Crippen LogP contribution is -2.08. The van der Waals surface area contributed by atoms with Crippen LogP contribution in [-0.2, 0) is 0 Å². The molecule has 0 spiro atoms. The molecule has 1 nitrogen and oxygen atoms in total. The van der Waals surface area contributed by atoms with Gasteiger partial charge in [0.05, 0.1) is 5.69 Å². The van der Waals surface area contributed by atoms with Crippen LogP contribution in [0.2, 0.25) is 0 Å². The van der Waals surface area contributed by atoms with Gasteiger partial charge in [0.15, 0.2) is 11.6 Å². The van der Waals surface area contributed by atoms with Crippen molar-refractivity contribution in [2.75, 3.05) is 5.32 Å². The molecule has 0 aliphatic heterocycles. The highest BCUT2D eigenvalue weighted by Crippen LogP contribution is 2.24. The fourth-order valence-corrected chi connectivity index (χ4v) is 2.10. The third kappa shape index (κ3) is 3.16. The van der Waals surface area contributed by atoms with Crippen LogP contribution in [0, 0.1) is 11.6 Å². The highest BCUT2D eigenvalue weighted by molar-refractivity contribution is 5.47. The maximum atomic E-state index is 13.6. The van der Waals surface area contributed by atoms with Gasteiger partial charge >= 0.3 is 0 Å². The van der Waals surface area contributed by atoms with E-state index in [1.54, 1.807) is 0 Å². The molecule has 0 heterocycles. The summed E-state index contributed by atoms with van der Waals surface area (Å²) in [6, 6.07) is 12.2. The third-order valence-corrected chi connectivity index (χ3v) is 3.43. The Morgan fingerprint density at radius 2 is 1.45 bits per heavy atom. The third-order valence-electron chi connectivity index (χ3n) is 3.43. The Balaban J connectivity index is 2.15. The van der Waals surface area contributed by atoms with Crippen molar-refractivity contribution < 1.29 is 8.78 Å². The number of hydrogen-bond acceptors (Lipinski definition) is 1. The molecular formula is C17H19F2N. The van der Waals surface area contributed by atoms with Crippen LogP contribution in [0.15, 0.2) is 42.5 Å². The predicted octanol–water partition coefficient (Wildman–Crippen LogP) is 5.26. The number of halogens is 2. The lowest BCUT2D eigenvalue weighted by Gasteiger charge is -2.17. The number of benzene rings is 2. The van der Waals surface area contributed by atoms with Gasteiger partial charge in [0.2, 0.25) is 0 Å². The van der Waals surface area contributed by atoms with Crippen LogP contribution >= 0.6 is 0 Å². The van der Waals surface area contributed by atoms with Crippen molar-refractivity contribution in [2.24, 2.45) is 0 Å². The number of hydrogen-bond donors (Lipinski definition) is 1. The highest BCUT2D eigenvalue weighted by atomic mass is 19.2. The standard InChI is InChI=1S/C17H19F2N/c1-11(2)13-7-9-14(10-8-13)12(3)20-16-6-4-5-15(18)17(16)19/h4-12,20H,1-3H3. The second kappa shape index (κ2) is 6.04. The highest BCUT2D eigenvalue weighted by Gasteiger charge is 2.11. The minimum atomic E-state index is -0.836. The van der Waals surface area contributed by atoms with Crippen LogP contribution in [0.4, 0.5) is 14.5 Å². The molecule has 1 unspecified atom stereocenters. The lowest BCUT2D eigenvalue weighted by atomic mass is 9.99. The minimum absolute atomic E-state index is 0.0903. The van der Waals surface area contributed by atoms with Gasteiger partial charge in [-0.05, 0) is 36.1 Å². The van der Waals surface area contributed by atoms with E-state index in [2.05, 4.69) is 31.3 Å². The molecule has 0 radical (unpaired) electrons. The molecule has 0 aliphatic rings. The minimum Gasteiger partial charge on any atom is -0.376 e. The Kier molecular flexibility index (Phi) is 4.38. The van der Waals surface area contributed by atoms with Crippen molar-refractivity contribution in [3.05, 3.63) is 65.2 Å². The van der Waals surface area contributed by atoms with E-state index in [1.165, 1.54) is 17.7 Å². The van der Waals surface area contributed by atoms with Crippen LogP contribution in [0.1, 0.15) is 43.9 Å². The molecule has 0 saturated carbocycles. The van der Waals surface area contributed by atoms with Crippen LogP contribution in [0.3, 0.4) is 0 Å². The fraction of sp³-hybridized carbons (Fsp3) is 0.294. The Labute approximate surface area is 118 Å². The van der Waals surface area contributed by atoms with E-state index in [4.69, 9.17) is 0 Å². The smallest absolute Gasteiger partial charge is 0.181 e. The van der Waals surface area contributed by atoms with Gasteiger partial charge in [-0.3, -0.25) is 0 Å². The molecule has 0 aromatic heterocycles. The summed E-state index contributed by atoms with van der Waals surface area (Å²) in [7, 11) is 0. The van der Waals surface area contributed by atoms with E-state index in [-0.39, 0.29) is 11.7 Å². The first kappa shape index (κ1) is 14.5. The summed E-state index contributed by atoms with van der Waals surface area (Å²) in [4.78, 5) is 0. The molecule has 0 amide bonds. The normalized spacial score (nSPS) is 12.5. The molecule has 0 saturated heterocycles. The van der Waals surface area contributed by atoms with E-state index < -0.39 is 11.6 Å². The fourth-order valence-electron chi connectivity index (χ4n) is 2.10. The van der Waals surface area contributed by atoms with Crippen molar-refractivity contribution >= 4 is 5.69 Å². The Bertz CT molecular complexity index is 576. The van der Waals surface area contributed by atoms with Gasteiger partial charge in [-0.1, -0.05) is 44.2 Å². The van der Waals surface area contributed by atoms with Crippen molar-refractivity contribution in [1.82, 2.24) is 0 Å². The van der Waals surface area contributed by atoms with Gasteiger partial charge in [-0.15, -0.1) is 0 Å². The Morgan fingerprint density at radius 3 is 2.05 bits per heavy atom. The molecule has 2 rings (SSSR count). The van der Waals surface area contributed by atoms with Gasteiger partial charge in [-0.2, -0.15) is 0 Å². The molecule has 1 atom stereocenters. The summed E-state index contributed by atoms with van der Waals surface area (Å²) in [5.41, 5.74) is 2.49. The number of anilines is 1. The van der Waals surface area contributed by atoms with Gasteiger partial charge in [-0.25, -0.2) is 8.78 Å². The van der Waals surface area contributed by atoms with E-state index in [0.29, 0.717) is 5.92 Å². The van der Waals surface area contributed by atoms with Crippen LogP contribution in [0.25, 0.3) is 0 Å². The molecule has 0 bridgehead atoms.